The van der Waals surface area contributed by atoms with Crippen molar-refractivity contribution >= 4 is 11.8 Å². The predicted molar refractivity (Wildman–Crippen MR) is 96.7 cm³/mol. The van der Waals surface area contributed by atoms with Gasteiger partial charge in [0.05, 0.1) is 11.6 Å². The van der Waals surface area contributed by atoms with Gasteiger partial charge >= 0.3 is 5.97 Å². The van der Waals surface area contributed by atoms with Crippen LogP contribution in [0.1, 0.15) is 62.9 Å². The maximum Gasteiger partial charge on any atom is 0.311 e. The maximum atomic E-state index is 12.9. The van der Waals surface area contributed by atoms with Gasteiger partial charge in [-0.2, -0.15) is 0 Å². The predicted octanol–water partition coefficient (Wildman–Crippen LogP) is 3.37. The summed E-state index contributed by atoms with van der Waals surface area (Å²) >= 11 is 0. The Labute approximate surface area is 164 Å². The average molecular weight is 389 g/mol. The Morgan fingerprint density at radius 3 is 2.89 bits per heavy atom. The number of rotatable bonds is 4. The zero-order chi connectivity index (χ0) is 19.5. The normalized spacial score (nSPS) is 44.5. The van der Waals surface area contributed by atoms with E-state index in [2.05, 4.69) is 11.9 Å². The molecule has 5 fully saturated rings. The van der Waals surface area contributed by atoms with Crippen LogP contribution in [0.4, 0.5) is 0 Å². The van der Waals surface area contributed by atoms with Gasteiger partial charge in [-0.3, -0.25) is 9.59 Å². The molecule has 1 saturated carbocycles. The van der Waals surface area contributed by atoms with E-state index in [4.69, 9.17) is 19.2 Å². The molecule has 2 bridgehead atoms. The minimum absolute atomic E-state index is 0.00338. The van der Waals surface area contributed by atoms with Gasteiger partial charge in [0.2, 0.25) is 12.1 Å². The van der Waals surface area contributed by atoms with E-state index < -0.39 is 17.7 Å². The second kappa shape index (κ2) is 6.40. The van der Waals surface area contributed by atoms with Crippen molar-refractivity contribution in [2.45, 2.75) is 70.1 Å². The Hall–Kier alpha value is -1.70. The summed E-state index contributed by atoms with van der Waals surface area (Å²) in [4.78, 5) is 40.1. The van der Waals surface area contributed by atoms with Crippen molar-refractivity contribution in [2.24, 2.45) is 23.7 Å². The van der Waals surface area contributed by atoms with Crippen LogP contribution in [0.15, 0.2) is 18.3 Å². The van der Waals surface area contributed by atoms with E-state index in [-0.39, 0.29) is 35.9 Å². The summed E-state index contributed by atoms with van der Waals surface area (Å²) in [6, 6.07) is 3.55. The molecule has 0 amide bonds. The van der Waals surface area contributed by atoms with Crippen molar-refractivity contribution in [3.05, 3.63) is 24.0 Å². The highest BCUT2D eigenvalue weighted by atomic mass is 17.3. The third-order valence-electron chi connectivity index (χ3n) is 7.37. The Morgan fingerprint density at radius 2 is 2.11 bits per heavy atom. The molecule has 0 radical (unpaired) electrons. The molecule has 4 saturated heterocycles. The topological polar surface area (TPSA) is 86.9 Å². The molecule has 1 aliphatic carbocycles. The maximum absolute atomic E-state index is 12.9. The molecule has 1 N–H and O–H groups in total. The van der Waals surface area contributed by atoms with E-state index in [0.717, 1.165) is 19.3 Å². The summed E-state index contributed by atoms with van der Waals surface area (Å²) in [6.07, 6.45) is 5.21. The van der Waals surface area contributed by atoms with Crippen LogP contribution in [0.25, 0.3) is 0 Å². The third-order valence-corrected chi connectivity index (χ3v) is 7.37. The number of fused-ring (bicyclic) bond motifs is 2. The Kier molecular flexibility index (Phi) is 4.19. The van der Waals surface area contributed by atoms with Crippen molar-refractivity contribution in [1.29, 1.82) is 0 Å². The summed E-state index contributed by atoms with van der Waals surface area (Å²) in [7, 11) is 0. The largest absolute Gasteiger partial charge is 0.432 e. The lowest BCUT2D eigenvalue weighted by molar-refractivity contribution is -0.559. The molecule has 1 aromatic rings. The molecule has 7 heteroatoms. The van der Waals surface area contributed by atoms with Gasteiger partial charge in [0.25, 0.3) is 0 Å². The first-order chi connectivity index (χ1) is 13.4. The lowest BCUT2D eigenvalue weighted by Crippen LogP contribution is -2.70. The smallest absolute Gasteiger partial charge is 0.311 e. The number of carbonyl (C=O) groups excluding carboxylic acids is 2. The van der Waals surface area contributed by atoms with Gasteiger partial charge in [-0.05, 0) is 50.7 Å². The summed E-state index contributed by atoms with van der Waals surface area (Å²) in [5.74, 6) is -0.982. The number of Topliss-reactive ketones (excluding diaryl/α,β-unsaturated/α-hetero) is 1. The molecule has 28 heavy (non-hydrogen) atoms. The van der Waals surface area contributed by atoms with Crippen LogP contribution in [-0.2, 0) is 24.0 Å². The first-order valence-electron chi connectivity index (χ1n) is 10.3. The molecule has 5 heterocycles. The fraction of sp³-hybridized carbons (Fsp3) is 0.714. The third kappa shape index (κ3) is 2.60. The van der Waals surface area contributed by atoms with Gasteiger partial charge in [-0.15, -0.1) is 0 Å². The van der Waals surface area contributed by atoms with Crippen LogP contribution >= 0.6 is 0 Å². The molecular weight excluding hydrogens is 362 g/mol. The van der Waals surface area contributed by atoms with Gasteiger partial charge in [0.15, 0.2) is 11.4 Å². The van der Waals surface area contributed by atoms with Crippen LogP contribution in [0.5, 0.6) is 0 Å². The highest BCUT2D eigenvalue weighted by Gasteiger charge is 2.70. The second-order valence-corrected chi connectivity index (χ2v) is 9.00. The summed E-state index contributed by atoms with van der Waals surface area (Å²) < 4.78 is 11.9. The van der Waals surface area contributed by atoms with E-state index in [9.17, 15) is 9.59 Å². The first kappa shape index (κ1) is 18.3. The standard InChI is InChI=1S/C21H27NO6/c1-12-5-7-15-13(6-8-17(23)16-4-3-11-22-16)18(24)25-19-21(15)14(12)9-10-20(2,26-19)27-28-21/h3-4,11-15,19,22H,5-10H2,1-2H3/t12-,13?,14+,15+,19-,20+,21-/m1/s1. The van der Waals surface area contributed by atoms with Gasteiger partial charge in [-0.25, -0.2) is 9.78 Å². The zero-order valence-electron chi connectivity index (χ0n) is 16.3. The van der Waals surface area contributed by atoms with Gasteiger partial charge in [0.1, 0.15) is 0 Å². The van der Waals surface area contributed by atoms with Crippen molar-refractivity contribution < 1.29 is 28.8 Å². The number of nitrogens with one attached hydrogen (secondary N) is 1. The number of ether oxygens (including phenoxy) is 2. The SMILES string of the molecule is C[C@@H]1CC[C@H]2C(CCC(=O)c3ccc[nH]3)C(=O)O[C@@H]3O[C@]4(C)CC[C@@H]1[C@]32OO4. The second-order valence-electron chi connectivity index (χ2n) is 9.00. The number of H-pyrrole nitrogens is 1. The van der Waals surface area contributed by atoms with Crippen molar-refractivity contribution in [2.75, 3.05) is 0 Å². The summed E-state index contributed by atoms with van der Waals surface area (Å²) in [6.45, 7) is 4.07. The highest BCUT2D eigenvalue weighted by Crippen LogP contribution is 2.60. The van der Waals surface area contributed by atoms with E-state index >= 15 is 0 Å². The van der Waals surface area contributed by atoms with E-state index in [1.54, 1.807) is 18.3 Å². The fourth-order valence-electron chi connectivity index (χ4n) is 5.86. The van der Waals surface area contributed by atoms with E-state index in [1.165, 1.54) is 0 Å². The number of carbonyl (C=O) groups is 2. The lowest BCUT2D eigenvalue weighted by Gasteiger charge is -2.58. The quantitative estimate of drug-likeness (QED) is 0.483. The molecule has 7 atom stereocenters. The number of aromatic nitrogens is 1. The summed E-state index contributed by atoms with van der Waals surface area (Å²) in [5, 5.41) is 0. The Morgan fingerprint density at radius 1 is 1.25 bits per heavy atom. The van der Waals surface area contributed by atoms with Crippen molar-refractivity contribution in [3.8, 4) is 0 Å². The molecule has 1 spiro atoms. The monoisotopic (exact) mass is 389 g/mol. The molecular formula is C21H27NO6. The lowest BCUT2D eigenvalue weighted by atomic mass is 9.57. The number of aromatic amines is 1. The molecule has 5 aliphatic rings. The molecule has 1 aromatic heterocycles. The van der Waals surface area contributed by atoms with Crippen LogP contribution in [0.2, 0.25) is 0 Å². The number of hydrogen-bond donors (Lipinski definition) is 1. The minimum Gasteiger partial charge on any atom is -0.432 e. The number of esters is 1. The molecule has 6 rings (SSSR count). The fourth-order valence-corrected chi connectivity index (χ4v) is 5.86. The summed E-state index contributed by atoms with van der Waals surface area (Å²) in [5.41, 5.74) is -0.206. The van der Waals surface area contributed by atoms with Gasteiger partial charge < -0.3 is 14.5 Å². The van der Waals surface area contributed by atoms with Crippen molar-refractivity contribution in [1.82, 2.24) is 4.98 Å². The van der Waals surface area contributed by atoms with Crippen LogP contribution in [0.3, 0.4) is 0 Å². The zero-order valence-corrected chi connectivity index (χ0v) is 16.3. The Bertz CT molecular complexity index is 778. The molecule has 152 valence electrons. The first-order valence-corrected chi connectivity index (χ1v) is 10.3. The van der Waals surface area contributed by atoms with E-state index in [0.29, 0.717) is 24.5 Å². The number of ketones is 1. The molecule has 1 unspecified atom stereocenters. The van der Waals surface area contributed by atoms with Crippen LogP contribution in [-0.4, -0.2) is 34.4 Å². The minimum atomic E-state index is -0.881. The van der Waals surface area contributed by atoms with Crippen LogP contribution < -0.4 is 0 Å². The molecule has 7 nitrogen and oxygen atoms in total. The van der Waals surface area contributed by atoms with Gasteiger partial charge in [0, 0.05) is 30.9 Å². The van der Waals surface area contributed by atoms with E-state index in [1.807, 2.05) is 6.92 Å². The van der Waals surface area contributed by atoms with Crippen molar-refractivity contribution in [3.63, 3.8) is 0 Å². The Balaban J connectivity index is 1.44. The molecule has 4 aliphatic heterocycles. The number of hydrogen-bond acceptors (Lipinski definition) is 6. The highest BCUT2D eigenvalue weighted by molar-refractivity contribution is 5.94. The average Bonchev–Trinajstić information content (AvgIpc) is 3.11. The van der Waals surface area contributed by atoms with Gasteiger partial charge in [-0.1, -0.05) is 6.92 Å². The van der Waals surface area contributed by atoms with Crippen LogP contribution in [0, 0.1) is 23.7 Å². The molecule has 0 aromatic carbocycles.